The van der Waals surface area contributed by atoms with Gasteiger partial charge in [0.05, 0.1) is 4.90 Å². The number of hydrogen-bond acceptors (Lipinski definition) is 5. The number of halogens is 1. The van der Waals surface area contributed by atoms with Crippen LogP contribution in [0.3, 0.4) is 0 Å². The molecule has 3 N–H and O–H groups in total. The Morgan fingerprint density at radius 1 is 1.13 bits per heavy atom. The van der Waals surface area contributed by atoms with E-state index >= 15 is 0 Å². The van der Waals surface area contributed by atoms with Crippen LogP contribution >= 0.6 is 15.9 Å². The summed E-state index contributed by atoms with van der Waals surface area (Å²) >= 11 is 3.44. The Morgan fingerprint density at radius 2 is 1.80 bits per heavy atom. The largest absolute Gasteiger partial charge is 0.759 e. The summed E-state index contributed by atoms with van der Waals surface area (Å²) in [5.41, 5.74) is 8.56. The van der Waals surface area contributed by atoms with E-state index in [0.717, 1.165) is 10.0 Å². The van der Waals surface area contributed by atoms with Crippen molar-refractivity contribution in [2.75, 3.05) is 12.3 Å². The van der Waals surface area contributed by atoms with Crippen LogP contribution in [-0.4, -0.2) is 25.2 Å². The van der Waals surface area contributed by atoms with E-state index in [0.29, 0.717) is 37.9 Å². The molecular weight excluding hydrogens is 470 g/mol. The SMILES string of the molecule is Nc1ccc(S(=O)(=O)N(Cc2cccc(Br)c2)CC2CCC(C(=O)N[O-])CC2)cc1. The van der Waals surface area contributed by atoms with Gasteiger partial charge in [0.2, 0.25) is 15.9 Å². The predicted molar refractivity (Wildman–Crippen MR) is 120 cm³/mol. The third-order valence-electron chi connectivity index (χ3n) is 5.55. The van der Waals surface area contributed by atoms with E-state index in [4.69, 9.17) is 5.73 Å². The quantitative estimate of drug-likeness (QED) is 0.450. The standard InChI is InChI=1S/C21H25BrN3O4S/c22-18-3-1-2-16(12-18)14-25(30(28,29)20-10-8-19(23)9-11-20)13-15-4-6-17(7-5-15)21(26)24-27/h1-3,8-12,15,17H,4-7,13-14,23H2,(H-,24,26,27)/q-1. The van der Waals surface area contributed by atoms with E-state index in [1.54, 1.807) is 12.1 Å². The van der Waals surface area contributed by atoms with Crippen LogP contribution in [0.2, 0.25) is 0 Å². The second kappa shape index (κ2) is 9.91. The van der Waals surface area contributed by atoms with Crippen molar-refractivity contribution in [3.05, 3.63) is 63.8 Å². The maximum Gasteiger partial charge on any atom is 0.243 e. The number of anilines is 1. The van der Waals surface area contributed by atoms with Crippen LogP contribution in [0.5, 0.6) is 0 Å². The molecule has 162 valence electrons. The van der Waals surface area contributed by atoms with Crippen LogP contribution < -0.4 is 11.2 Å². The number of hydroxylamine groups is 1. The predicted octanol–water partition coefficient (Wildman–Crippen LogP) is 3.64. The summed E-state index contributed by atoms with van der Waals surface area (Å²) in [6.07, 6.45) is 2.57. The van der Waals surface area contributed by atoms with Gasteiger partial charge in [0.15, 0.2) is 0 Å². The number of nitrogens with one attached hydrogen (secondary N) is 1. The fraction of sp³-hybridized carbons (Fsp3) is 0.381. The summed E-state index contributed by atoms with van der Waals surface area (Å²) in [5, 5.41) is 10.6. The van der Waals surface area contributed by atoms with Gasteiger partial charge in [-0.2, -0.15) is 4.31 Å². The molecule has 0 radical (unpaired) electrons. The third kappa shape index (κ3) is 5.60. The molecule has 30 heavy (non-hydrogen) atoms. The number of amides is 1. The molecule has 2 aromatic carbocycles. The van der Waals surface area contributed by atoms with Crippen LogP contribution in [0.4, 0.5) is 5.69 Å². The van der Waals surface area contributed by atoms with Gasteiger partial charge in [-0.25, -0.2) is 8.42 Å². The lowest BCUT2D eigenvalue weighted by Crippen LogP contribution is -2.37. The van der Waals surface area contributed by atoms with Gasteiger partial charge in [0.25, 0.3) is 0 Å². The average molecular weight is 495 g/mol. The molecule has 0 aromatic heterocycles. The minimum atomic E-state index is -3.73. The van der Waals surface area contributed by atoms with Crippen molar-refractivity contribution in [3.8, 4) is 0 Å². The first-order valence-electron chi connectivity index (χ1n) is 9.81. The lowest BCUT2D eigenvalue weighted by molar-refractivity contribution is -0.125. The topological polar surface area (TPSA) is 116 Å². The summed E-state index contributed by atoms with van der Waals surface area (Å²) < 4.78 is 29.2. The molecule has 2 aromatic rings. The summed E-state index contributed by atoms with van der Waals surface area (Å²) in [4.78, 5) is 11.8. The van der Waals surface area contributed by atoms with Gasteiger partial charge in [-0.1, -0.05) is 28.1 Å². The number of hydrogen-bond donors (Lipinski definition) is 2. The number of carbonyl (C=O) groups excluding carboxylic acids is 1. The van der Waals surface area contributed by atoms with Gasteiger partial charge >= 0.3 is 0 Å². The number of benzene rings is 2. The highest BCUT2D eigenvalue weighted by atomic mass is 79.9. The lowest BCUT2D eigenvalue weighted by Gasteiger charge is -2.32. The third-order valence-corrected chi connectivity index (χ3v) is 7.86. The van der Waals surface area contributed by atoms with Crippen molar-refractivity contribution in [2.45, 2.75) is 37.1 Å². The van der Waals surface area contributed by atoms with E-state index in [-0.39, 0.29) is 23.3 Å². The summed E-state index contributed by atoms with van der Waals surface area (Å²) in [5.74, 6) is -0.642. The van der Waals surface area contributed by atoms with E-state index < -0.39 is 15.9 Å². The highest BCUT2D eigenvalue weighted by Gasteiger charge is 2.31. The molecule has 0 atom stereocenters. The average Bonchev–Trinajstić information content (AvgIpc) is 2.73. The van der Waals surface area contributed by atoms with Gasteiger partial charge in [0, 0.05) is 29.2 Å². The zero-order valence-electron chi connectivity index (χ0n) is 16.5. The molecule has 7 nitrogen and oxygen atoms in total. The fourth-order valence-corrected chi connectivity index (χ4v) is 5.80. The Bertz CT molecular complexity index is 974. The number of nitrogens with zero attached hydrogens (tertiary/aromatic N) is 1. The van der Waals surface area contributed by atoms with Gasteiger partial charge in [-0.05, 0) is 73.6 Å². The Kier molecular flexibility index (Phi) is 7.51. The minimum Gasteiger partial charge on any atom is -0.759 e. The molecule has 0 aliphatic heterocycles. The summed E-state index contributed by atoms with van der Waals surface area (Å²) in [7, 11) is -3.73. The van der Waals surface area contributed by atoms with Crippen molar-refractivity contribution >= 4 is 37.5 Å². The Hall–Kier alpha value is -1.94. The molecular formula is C21H25BrN3O4S-. The maximum atomic E-state index is 13.4. The van der Waals surface area contributed by atoms with Crippen molar-refractivity contribution in [1.29, 1.82) is 0 Å². The van der Waals surface area contributed by atoms with E-state index in [1.807, 2.05) is 24.3 Å². The summed E-state index contributed by atoms with van der Waals surface area (Å²) in [6, 6.07) is 13.8. The van der Waals surface area contributed by atoms with Gasteiger partial charge in [-0.15, -0.1) is 0 Å². The van der Waals surface area contributed by atoms with Crippen molar-refractivity contribution in [1.82, 2.24) is 9.79 Å². The zero-order valence-corrected chi connectivity index (χ0v) is 18.9. The molecule has 1 fully saturated rings. The number of rotatable bonds is 7. The Labute approximate surface area is 185 Å². The van der Waals surface area contributed by atoms with Crippen LogP contribution in [-0.2, 0) is 21.4 Å². The van der Waals surface area contributed by atoms with Crippen LogP contribution in [0.15, 0.2) is 57.9 Å². The normalized spacial score (nSPS) is 19.6. The smallest absolute Gasteiger partial charge is 0.243 e. The number of carbonyl (C=O) groups is 1. The molecule has 1 amide bonds. The van der Waals surface area contributed by atoms with E-state index in [9.17, 15) is 18.4 Å². The molecule has 0 bridgehead atoms. The maximum absolute atomic E-state index is 13.4. The Balaban J connectivity index is 1.81. The van der Waals surface area contributed by atoms with Crippen LogP contribution in [0.1, 0.15) is 31.2 Å². The lowest BCUT2D eigenvalue weighted by atomic mass is 9.81. The van der Waals surface area contributed by atoms with Crippen molar-refractivity contribution in [3.63, 3.8) is 0 Å². The van der Waals surface area contributed by atoms with Crippen molar-refractivity contribution in [2.24, 2.45) is 11.8 Å². The highest BCUT2D eigenvalue weighted by molar-refractivity contribution is 9.10. The molecule has 0 unspecified atom stereocenters. The summed E-state index contributed by atoms with van der Waals surface area (Å²) in [6.45, 7) is 0.595. The second-order valence-corrected chi connectivity index (χ2v) is 10.5. The monoisotopic (exact) mass is 494 g/mol. The molecule has 9 heteroatoms. The number of sulfonamides is 1. The number of nitrogen functional groups attached to an aromatic ring is 1. The first-order chi connectivity index (χ1) is 14.3. The van der Waals surface area contributed by atoms with Gasteiger partial charge in [-0.3, -0.25) is 4.79 Å². The van der Waals surface area contributed by atoms with Crippen LogP contribution in [0, 0.1) is 17.0 Å². The van der Waals surface area contributed by atoms with Gasteiger partial charge < -0.3 is 16.4 Å². The van der Waals surface area contributed by atoms with Crippen LogP contribution in [0.25, 0.3) is 0 Å². The molecule has 0 saturated heterocycles. The molecule has 1 aliphatic rings. The molecule has 1 saturated carbocycles. The first kappa shape index (κ1) is 22.7. The fourth-order valence-electron chi connectivity index (χ4n) is 3.85. The molecule has 0 heterocycles. The Morgan fingerprint density at radius 3 is 2.40 bits per heavy atom. The van der Waals surface area contributed by atoms with Gasteiger partial charge in [0.1, 0.15) is 0 Å². The number of nitrogens with two attached hydrogens (primary N) is 1. The molecule has 0 spiro atoms. The second-order valence-electron chi connectivity index (χ2n) is 7.68. The van der Waals surface area contributed by atoms with Crippen molar-refractivity contribution < 1.29 is 13.2 Å². The molecule has 1 aliphatic carbocycles. The highest BCUT2D eigenvalue weighted by Crippen LogP contribution is 2.31. The molecule has 3 rings (SSSR count). The van der Waals surface area contributed by atoms with E-state index in [1.165, 1.54) is 21.9 Å². The first-order valence-corrected chi connectivity index (χ1v) is 12.0. The zero-order chi connectivity index (χ0) is 21.7. The minimum absolute atomic E-state index is 0.122. The van der Waals surface area contributed by atoms with E-state index in [2.05, 4.69) is 15.9 Å².